The van der Waals surface area contributed by atoms with Crippen molar-refractivity contribution in [3.05, 3.63) is 0 Å². The molecule has 14 heavy (non-hydrogen) atoms. The molecule has 0 rings (SSSR count). The first-order valence-corrected chi connectivity index (χ1v) is 4.80. The van der Waals surface area contributed by atoms with E-state index in [2.05, 4.69) is 11.2 Å². The largest absolute Gasteiger partial charge is 0.366 e. The van der Waals surface area contributed by atoms with Gasteiger partial charge < -0.3 is 10.1 Å². The van der Waals surface area contributed by atoms with Crippen LogP contribution in [0.3, 0.4) is 0 Å². The fourth-order valence-electron chi connectivity index (χ4n) is 0.751. The van der Waals surface area contributed by atoms with Crippen molar-refractivity contribution in [2.24, 2.45) is 0 Å². The minimum absolute atomic E-state index is 0.0862. The van der Waals surface area contributed by atoms with E-state index in [-0.39, 0.29) is 18.1 Å². The van der Waals surface area contributed by atoms with E-state index in [0.717, 1.165) is 6.42 Å². The topological polar surface area (TPSA) is 38.3 Å². The van der Waals surface area contributed by atoms with Crippen LogP contribution in [0, 0.1) is 12.3 Å². The summed E-state index contributed by atoms with van der Waals surface area (Å²) in [6.45, 7) is 6.48. The van der Waals surface area contributed by atoms with E-state index in [1.54, 1.807) is 0 Å². The van der Waals surface area contributed by atoms with E-state index >= 15 is 0 Å². The van der Waals surface area contributed by atoms with Crippen LogP contribution < -0.4 is 5.32 Å². The maximum Gasteiger partial charge on any atom is 0.246 e. The number of ether oxygens (including phenoxy) is 1. The normalized spacial score (nSPS) is 10.7. The van der Waals surface area contributed by atoms with Gasteiger partial charge in [-0.3, -0.25) is 4.79 Å². The molecule has 0 saturated heterocycles. The second kappa shape index (κ2) is 6.44. The Hall–Kier alpha value is -1.01. The molecule has 0 bridgehead atoms. The molecule has 3 heteroatoms. The van der Waals surface area contributed by atoms with Crippen molar-refractivity contribution in [2.45, 2.75) is 39.2 Å². The molecule has 3 nitrogen and oxygen atoms in total. The Balaban J connectivity index is 3.43. The van der Waals surface area contributed by atoms with Crippen molar-refractivity contribution in [1.82, 2.24) is 5.32 Å². The van der Waals surface area contributed by atoms with Crippen LogP contribution in [0.2, 0.25) is 0 Å². The first-order valence-electron chi connectivity index (χ1n) is 4.80. The van der Waals surface area contributed by atoms with Gasteiger partial charge in [0, 0.05) is 13.0 Å². The van der Waals surface area contributed by atoms with Crippen LogP contribution in [0.5, 0.6) is 0 Å². The maximum absolute atomic E-state index is 11.2. The zero-order valence-electron chi connectivity index (χ0n) is 9.22. The smallest absolute Gasteiger partial charge is 0.246 e. The second-order valence-corrected chi connectivity index (χ2v) is 4.06. The number of carbonyl (C=O) groups excluding carboxylic acids is 1. The minimum Gasteiger partial charge on any atom is -0.366 e. The number of rotatable bonds is 5. The van der Waals surface area contributed by atoms with E-state index in [1.807, 2.05) is 20.8 Å². The molecule has 0 unspecified atom stereocenters. The van der Waals surface area contributed by atoms with Crippen molar-refractivity contribution in [3.63, 3.8) is 0 Å². The van der Waals surface area contributed by atoms with Gasteiger partial charge in [-0.2, -0.15) is 0 Å². The van der Waals surface area contributed by atoms with Crippen LogP contribution in [0.25, 0.3) is 0 Å². The Bertz CT molecular complexity index is 210. The monoisotopic (exact) mass is 197 g/mol. The summed E-state index contributed by atoms with van der Waals surface area (Å²) < 4.78 is 5.30. The van der Waals surface area contributed by atoms with Crippen molar-refractivity contribution < 1.29 is 9.53 Å². The summed E-state index contributed by atoms with van der Waals surface area (Å²) in [6.07, 6.45) is 6.59. The lowest BCUT2D eigenvalue weighted by molar-refractivity contribution is -0.130. The predicted molar refractivity (Wildman–Crippen MR) is 56.8 cm³/mol. The van der Waals surface area contributed by atoms with Crippen LogP contribution in [0.4, 0.5) is 0 Å². The molecule has 80 valence electrons. The molecule has 0 aromatic heterocycles. The van der Waals surface area contributed by atoms with Crippen molar-refractivity contribution in [3.8, 4) is 12.3 Å². The average molecular weight is 197 g/mol. The molecule has 0 aliphatic rings. The Morgan fingerprint density at radius 2 is 2.14 bits per heavy atom. The molecule has 0 saturated carbocycles. The molecule has 0 radical (unpaired) electrons. The number of hydrogen-bond acceptors (Lipinski definition) is 2. The summed E-state index contributed by atoms with van der Waals surface area (Å²) in [6, 6.07) is 0. The molecule has 0 aliphatic heterocycles. The summed E-state index contributed by atoms with van der Waals surface area (Å²) in [5.41, 5.74) is -0.268. The zero-order chi connectivity index (χ0) is 11.0. The first-order chi connectivity index (χ1) is 6.45. The summed E-state index contributed by atoms with van der Waals surface area (Å²) in [4.78, 5) is 11.2. The van der Waals surface area contributed by atoms with E-state index < -0.39 is 0 Å². The molecule has 0 aromatic rings. The number of nitrogens with one attached hydrogen (secondary N) is 1. The van der Waals surface area contributed by atoms with Crippen molar-refractivity contribution in [1.29, 1.82) is 0 Å². The molecule has 0 spiro atoms. The Labute approximate surface area is 86.2 Å². The molecule has 0 heterocycles. The van der Waals surface area contributed by atoms with Gasteiger partial charge in [0.05, 0.1) is 5.60 Å². The summed E-state index contributed by atoms with van der Waals surface area (Å²) in [5.74, 6) is 2.43. The van der Waals surface area contributed by atoms with E-state index in [1.165, 1.54) is 0 Å². The van der Waals surface area contributed by atoms with Gasteiger partial charge in [-0.15, -0.1) is 12.3 Å². The number of terminal acetylenes is 1. The summed E-state index contributed by atoms with van der Waals surface area (Å²) >= 11 is 0. The molecule has 0 fully saturated rings. The highest BCUT2D eigenvalue weighted by molar-refractivity contribution is 5.77. The average Bonchev–Trinajstić information content (AvgIpc) is 2.08. The van der Waals surface area contributed by atoms with Gasteiger partial charge in [-0.25, -0.2) is 0 Å². The molecule has 0 atom stereocenters. The fourth-order valence-corrected chi connectivity index (χ4v) is 0.751. The molecule has 0 aliphatic carbocycles. The molecular formula is C11H19NO2. The molecular weight excluding hydrogens is 178 g/mol. The van der Waals surface area contributed by atoms with Crippen LogP contribution in [0.1, 0.15) is 33.6 Å². The highest BCUT2D eigenvalue weighted by Gasteiger charge is 2.12. The highest BCUT2D eigenvalue weighted by Crippen LogP contribution is 2.05. The van der Waals surface area contributed by atoms with Crippen LogP contribution in [-0.2, 0) is 9.53 Å². The summed E-state index contributed by atoms with van der Waals surface area (Å²) in [7, 11) is 0. The lowest BCUT2D eigenvalue weighted by Gasteiger charge is -2.18. The van der Waals surface area contributed by atoms with E-state index in [9.17, 15) is 4.79 Å². The van der Waals surface area contributed by atoms with Gasteiger partial charge in [-0.05, 0) is 27.2 Å². The van der Waals surface area contributed by atoms with E-state index in [4.69, 9.17) is 11.2 Å². The van der Waals surface area contributed by atoms with Crippen LogP contribution >= 0.6 is 0 Å². The Morgan fingerprint density at radius 1 is 1.50 bits per heavy atom. The number of carbonyl (C=O) groups is 1. The zero-order valence-corrected chi connectivity index (χ0v) is 9.22. The van der Waals surface area contributed by atoms with Crippen LogP contribution in [-0.4, -0.2) is 24.7 Å². The third kappa shape index (κ3) is 9.08. The predicted octanol–water partition coefficient (Wildman–Crippen LogP) is 1.33. The van der Waals surface area contributed by atoms with Gasteiger partial charge in [-0.1, -0.05) is 0 Å². The quantitative estimate of drug-likeness (QED) is 0.533. The molecule has 0 aromatic carbocycles. The third-order valence-electron chi connectivity index (χ3n) is 1.46. The second-order valence-electron chi connectivity index (χ2n) is 4.06. The lowest BCUT2D eigenvalue weighted by Crippen LogP contribution is -2.32. The van der Waals surface area contributed by atoms with Gasteiger partial charge in [0.15, 0.2) is 0 Å². The van der Waals surface area contributed by atoms with Gasteiger partial charge in [0.25, 0.3) is 0 Å². The number of amides is 1. The standard InChI is InChI=1S/C11H19NO2/c1-5-6-7-8-12-10(13)9-14-11(2,3)4/h1H,6-9H2,2-4H3,(H,12,13). The molecule has 1 N–H and O–H groups in total. The number of unbranched alkanes of at least 4 members (excludes halogenated alkanes) is 1. The van der Waals surface area contributed by atoms with Crippen molar-refractivity contribution in [2.75, 3.05) is 13.2 Å². The Kier molecular flexibility index (Phi) is 5.98. The van der Waals surface area contributed by atoms with Gasteiger partial charge in [0.1, 0.15) is 6.61 Å². The highest BCUT2D eigenvalue weighted by atomic mass is 16.5. The van der Waals surface area contributed by atoms with E-state index in [0.29, 0.717) is 13.0 Å². The lowest BCUT2D eigenvalue weighted by atomic mass is 10.2. The summed E-state index contributed by atoms with van der Waals surface area (Å²) in [5, 5.41) is 2.73. The fraction of sp³-hybridized carbons (Fsp3) is 0.727. The Morgan fingerprint density at radius 3 is 2.64 bits per heavy atom. The number of hydrogen-bond donors (Lipinski definition) is 1. The van der Waals surface area contributed by atoms with Gasteiger partial charge >= 0.3 is 0 Å². The third-order valence-corrected chi connectivity index (χ3v) is 1.46. The first kappa shape index (κ1) is 13.0. The SMILES string of the molecule is C#CCCCNC(=O)COC(C)(C)C. The van der Waals surface area contributed by atoms with Crippen molar-refractivity contribution >= 4 is 5.91 Å². The molecule has 1 amide bonds. The van der Waals surface area contributed by atoms with Gasteiger partial charge in [0.2, 0.25) is 5.91 Å². The minimum atomic E-state index is -0.268. The maximum atomic E-state index is 11.2. The van der Waals surface area contributed by atoms with Crippen LogP contribution in [0.15, 0.2) is 0 Å².